The van der Waals surface area contributed by atoms with Gasteiger partial charge in [0.25, 0.3) is 0 Å². The normalized spacial score (nSPS) is 12.5. The first-order chi connectivity index (χ1) is 52.9. The summed E-state index contributed by atoms with van der Waals surface area (Å²) in [6.45, 7) is 4.92. The Balaban J connectivity index is 0.946. The van der Waals surface area contributed by atoms with Crippen LogP contribution < -0.4 is 19.6 Å². The molecule has 502 valence electrons. The highest BCUT2D eigenvalue weighted by Gasteiger charge is 2.39. The predicted molar refractivity (Wildman–Crippen MR) is 458 cm³/mol. The summed E-state index contributed by atoms with van der Waals surface area (Å²) in [5.74, 6) is 0. The fourth-order valence-electron chi connectivity index (χ4n) is 17.9. The van der Waals surface area contributed by atoms with Crippen molar-refractivity contribution in [3.63, 3.8) is 0 Å². The van der Waals surface area contributed by atoms with Gasteiger partial charge in [-0.3, -0.25) is 0 Å². The molecule has 0 bridgehead atoms. The van der Waals surface area contributed by atoms with E-state index in [1.165, 1.54) is 54.6 Å². The topological polar surface area (TPSA) is 13.0 Å². The van der Waals surface area contributed by atoms with Crippen LogP contribution in [0.15, 0.2) is 388 Å². The molecular weight excluding hydrogens is 1290 g/mol. The van der Waals surface area contributed by atoms with Gasteiger partial charge in [0, 0.05) is 81.4 Å². The third kappa shape index (κ3) is 9.83. The Hall–Kier alpha value is -13.8. The van der Waals surface area contributed by atoms with Gasteiger partial charge in [0.1, 0.15) is 0 Å². The van der Waals surface area contributed by atoms with E-state index in [4.69, 9.17) is 0 Å². The van der Waals surface area contributed by atoms with E-state index in [1.807, 2.05) is 0 Å². The Kier molecular flexibility index (Phi) is 14.3. The summed E-state index contributed by atoms with van der Waals surface area (Å²) in [4.78, 5) is 10.3. The lowest BCUT2D eigenvalue weighted by Crippen LogP contribution is -2.18. The van der Waals surface area contributed by atoms with E-state index in [0.29, 0.717) is 0 Å². The van der Waals surface area contributed by atoms with E-state index in [1.54, 1.807) is 0 Å². The second-order valence-corrected chi connectivity index (χ2v) is 29.1. The summed E-state index contributed by atoms with van der Waals surface area (Å²) in [6.07, 6.45) is 0. The maximum absolute atomic E-state index is 2.64. The van der Waals surface area contributed by atoms with Crippen LogP contribution in [0.25, 0.3) is 119 Å². The van der Waals surface area contributed by atoms with Crippen LogP contribution in [0.4, 0.5) is 68.2 Å². The van der Waals surface area contributed by atoms with Crippen LogP contribution in [0.1, 0.15) is 25.0 Å². The monoisotopic (exact) mass is 1360 g/mol. The molecule has 20 aromatic carbocycles. The molecule has 1 aliphatic rings. The van der Waals surface area contributed by atoms with Gasteiger partial charge in [0.15, 0.2) is 0 Å². The van der Waals surface area contributed by atoms with Crippen LogP contribution in [0, 0.1) is 0 Å². The Labute approximate surface area is 621 Å². The van der Waals surface area contributed by atoms with E-state index in [-0.39, 0.29) is 0 Å². The van der Waals surface area contributed by atoms with E-state index >= 15 is 0 Å². The zero-order chi connectivity index (χ0) is 70.8. The van der Waals surface area contributed by atoms with Crippen LogP contribution in [0.2, 0.25) is 0 Å². The van der Waals surface area contributed by atoms with Crippen molar-refractivity contribution in [3.8, 4) is 11.1 Å². The first kappa shape index (κ1) is 61.8. The van der Waals surface area contributed by atoms with Crippen molar-refractivity contribution in [3.05, 3.63) is 399 Å². The quantitative estimate of drug-likeness (QED) is 0.0893. The molecule has 4 heteroatoms. The Morgan fingerprint density at radius 1 is 0.168 bits per heavy atom. The van der Waals surface area contributed by atoms with Crippen LogP contribution in [0.3, 0.4) is 0 Å². The first-order valence-electron chi connectivity index (χ1n) is 37.1. The van der Waals surface area contributed by atoms with E-state index in [2.05, 4.69) is 422 Å². The van der Waals surface area contributed by atoms with Gasteiger partial charge < -0.3 is 19.6 Å². The molecule has 20 aromatic rings. The molecule has 0 atom stereocenters. The molecule has 0 saturated carbocycles. The van der Waals surface area contributed by atoms with Crippen molar-refractivity contribution in [1.29, 1.82) is 0 Å². The first-order valence-corrected chi connectivity index (χ1v) is 37.1. The highest BCUT2D eigenvalue weighted by Crippen LogP contribution is 2.60. The standard InChI is InChI=1S/C103H70N4/c1-103(2)91-64-76(105(95-53-21-37-69-29-5-13-45-79(69)95)96-54-22-38-70-30-6-14-46-80(70)96)59-61-85(91)87-65-89-90(66-92(87)103)101(106(97-55-23-39-71-31-7-15-47-81(71)97)98-56-24-40-72-32-8-16-48-82(72)98)86-62-60-75(104(93-51-19-35-67-27-3-11-43-77(67)93)94-52-20-36-68-28-4-12-44-78(68)94)63-88(86)102(89)107(99-57-25-41-73-33-9-17-49-83(73)99)100-58-26-42-74-34-10-18-50-84(74)100/h3-66H,1-2H3. The average Bonchev–Trinajstić information content (AvgIpc) is 1.46. The zero-order valence-electron chi connectivity index (χ0n) is 59.2. The fourth-order valence-corrected chi connectivity index (χ4v) is 17.9. The van der Waals surface area contributed by atoms with Gasteiger partial charge in [-0.05, 0) is 150 Å². The molecule has 0 unspecified atom stereocenters. The lowest BCUT2D eigenvalue weighted by molar-refractivity contribution is 0.661. The van der Waals surface area contributed by atoms with Crippen molar-refractivity contribution in [2.75, 3.05) is 19.6 Å². The summed E-state index contributed by atoms with van der Waals surface area (Å²) in [5, 5.41) is 23.1. The SMILES string of the molecule is CC1(C)c2cc(N(c3cccc4ccccc34)c3cccc4ccccc34)ccc2-c2cc3c(N(c4cccc5ccccc45)c4cccc5ccccc45)c4cc(N(c5cccc6ccccc56)c5cccc6ccccc56)ccc4c(N(c4cccc5ccccc45)c4cccc5ccccc45)c3cc21. The third-order valence-corrected chi connectivity index (χ3v) is 22.8. The maximum Gasteiger partial charge on any atom is 0.0621 e. The molecule has 0 heterocycles. The summed E-state index contributed by atoms with van der Waals surface area (Å²) in [5.41, 5.74) is 17.5. The van der Waals surface area contributed by atoms with Crippen molar-refractivity contribution < 1.29 is 0 Å². The number of nitrogens with zero attached hydrogens (tertiary/aromatic N) is 4. The van der Waals surface area contributed by atoms with Crippen molar-refractivity contribution in [2.24, 2.45) is 0 Å². The molecule has 21 rings (SSSR count). The second kappa shape index (κ2) is 24.7. The highest BCUT2D eigenvalue weighted by atomic mass is 15.2. The lowest BCUT2D eigenvalue weighted by Gasteiger charge is -2.35. The number of rotatable bonds is 12. The molecule has 0 saturated heterocycles. The minimum absolute atomic E-state index is 0.514. The van der Waals surface area contributed by atoms with Gasteiger partial charge in [0.05, 0.1) is 56.9 Å². The van der Waals surface area contributed by atoms with Crippen LogP contribution in [0.5, 0.6) is 0 Å². The molecule has 0 fully saturated rings. The number of hydrogen-bond acceptors (Lipinski definition) is 4. The van der Waals surface area contributed by atoms with E-state index < -0.39 is 5.41 Å². The van der Waals surface area contributed by atoms with Gasteiger partial charge in [-0.25, -0.2) is 0 Å². The summed E-state index contributed by atoms with van der Waals surface area (Å²) >= 11 is 0. The molecule has 0 amide bonds. The van der Waals surface area contributed by atoms with Gasteiger partial charge in [0.2, 0.25) is 0 Å². The molecule has 107 heavy (non-hydrogen) atoms. The smallest absolute Gasteiger partial charge is 0.0621 e. The Morgan fingerprint density at radius 3 is 0.720 bits per heavy atom. The molecular formula is C103H70N4. The molecule has 4 nitrogen and oxygen atoms in total. The molecule has 1 aliphatic carbocycles. The molecule has 0 aliphatic heterocycles. The fraction of sp³-hybridized carbons (Fsp3) is 0.0291. The van der Waals surface area contributed by atoms with E-state index in [9.17, 15) is 0 Å². The number of fused-ring (bicyclic) bond motifs is 13. The Bertz CT molecular complexity index is 6690. The van der Waals surface area contributed by atoms with Gasteiger partial charge in [-0.15, -0.1) is 0 Å². The largest absolute Gasteiger partial charge is 0.309 e. The molecule has 0 N–H and O–H groups in total. The second-order valence-electron chi connectivity index (χ2n) is 29.1. The zero-order valence-corrected chi connectivity index (χ0v) is 59.2. The molecule has 0 spiro atoms. The minimum atomic E-state index is -0.514. The van der Waals surface area contributed by atoms with Crippen molar-refractivity contribution in [1.82, 2.24) is 0 Å². The number of anilines is 12. The van der Waals surface area contributed by atoms with Gasteiger partial charge in [-0.2, -0.15) is 0 Å². The Morgan fingerprint density at radius 2 is 0.402 bits per heavy atom. The van der Waals surface area contributed by atoms with Crippen LogP contribution in [-0.4, -0.2) is 0 Å². The van der Waals surface area contributed by atoms with Crippen LogP contribution in [-0.2, 0) is 5.41 Å². The summed E-state index contributed by atoms with van der Waals surface area (Å²) < 4.78 is 0. The van der Waals surface area contributed by atoms with E-state index in [0.717, 1.165) is 144 Å². The molecule has 0 radical (unpaired) electrons. The maximum atomic E-state index is 2.64. The summed E-state index contributed by atoms with van der Waals surface area (Å²) in [7, 11) is 0. The lowest BCUT2D eigenvalue weighted by atomic mass is 9.81. The minimum Gasteiger partial charge on any atom is -0.309 e. The van der Waals surface area contributed by atoms with Gasteiger partial charge in [-0.1, -0.05) is 317 Å². The molecule has 0 aromatic heterocycles. The average molecular weight is 1360 g/mol. The number of hydrogen-bond donors (Lipinski definition) is 0. The van der Waals surface area contributed by atoms with Crippen LogP contribution >= 0.6 is 0 Å². The van der Waals surface area contributed by atoms with Crippen molar-refractivity contribution in [2.45, 2.75) is 19.3 Å². The third-order valence-electron chi connectivity index (χ3n) is 22.8. The number of benzene rings is 20. The van der Waals surface area contributed by atoms with Gasteiger partial charge >= 0.3 is 0 Å². The predicted octanol–water partition coefficient (Wildman–Crippen LogP) is 29.4. The highest BCUT2D eigenvalue weighted by molar-refractivity contribution is 6.28. The summed E-state index contributed by atoms with van der Waals surface area (Å²) in [6, 6.07) is 145. The van der Waals surface area contributed by atoms with Crippen molar-refractivity contribution >= 4 is 176 Å².